The van der Waals surface area contributed by atoms with Gasteiger partial charge in [0.15, 0.2) is 5.76 Å². The van der Waals surface area contributed by atoms with Crippen LogP contribution in [0.25, 0.3) is 0 Å². The largest absolute Gasteiger partial charge is 0.480 e. The Morgan fingerprint density at radius 3 is 2.71 bits per heavy atom. The van der Waals surface area contributed by atoms with Gasteiger partial charge in [-0.05, 0) is 5.92 Å². The van der Waals surface area contributed by atoms with E-state index in [1.807, 2.05) is 0 Å². The van der Waals surface area contributed by atoms with Gasteiger partial charge in [0, 0.05) is 6.07 Å². The molecular weight excluding hydrogens is 226 g/mol. The molecule has 7 nitrogen and oxygen atoms in total. The molecule has 1 aromatic heterocycles. The predicted molar refractivity (Wildman–Crippen MR) is 58.1 cm³/mol. The number of carboxylic acids is 1. The highest BCUT2D eigenvalue weighted by molar-refractivity contribution is 5.82. The highest BCUT2D eigenvalue weighted by atomic mass is 16.5. The van der Waals surface area contributed by atoms with Crippen LogP contribution >= 0.6 is 0 Å². The number of hydrogen-bond donors (Lipinski definition) is 3. The summed E-state index contributed by atoms with van der Waals surface area (Å²) in [4.78, 5) is 22.2. The molecule has 0 radical (unpaired) electrons. The Bertz CT molecular complexity index is 375. The molecule has 1 rings (SSSR count). The van der Waals surface area contributed by atoms with Crippen LogP contribution in [0.4, 0.5) is 4.79 Å². The molecule has 0 bridgehead atoms. The number of carbonyl (C=O) groups excluding carboxylic acids is 1. The van der Waals surface area contributed by atoms with Crippen molar-refractivity contribution >= 4 is 12.0 Å². The molecule has 0 aliphatic carbocycles. The Morgan fingerprint density at radius 2 is 2.24 bits per heavy atom. The first-order valence-corrected chi connectivity index (χ1v) is 5.17. The summed E-state index contributed by atoms with van der Waals surface area (Å²) in [6.07, 6.45) is 1.46. The summed E-state index contributed by atoms with van der Waals surface area (Å²) < 4.78 is 4.77. The fourth-order valence-electron chi connectivity index (χ4n) is 1.21. The number of nitrogens with zero attached hydrogens (tertiary/aromatic N) is 1. The van der Waals surface area contributed by atoms with E-state index < -0.39 is 18.0 Å². The second-order valence-electron chi connectivity index (χ2n) is 3.87. The zero-order valence-corrected chi connectivity index (χ0v) is 9.64. The monoisotopic (exact) mass is 241 g/mol. The molecule has 94 valence electrons. The maximum atomic E-state index is 11.4. The van der Waals surface area contributed by atoms with Gasteiger partial charge < -0.3 is 20.3 Å². The van der Waals surface area contributed by atoms with Crippen molar-refractivity contribution in [2.75, 3.05) is 0 Å². The Morgan fingerprint density at radius 1 is 1.53 bits per heavy atom. The maximum absolute atomic E-state index is 11.4. The van der Waals surface area contributed by atoms with E-state index in [0.717, 1.165) is 0 Å². The fraction of sp³-hybridized carbons (Fsp3) is 0.500. The summed E-state index contributed by atoms with van der Waals surface area (Å²) in [6.45, 7) is 3.60. The zero-order chi connectivity index (χ0) is 12.8. The van der Waals surface area contributed by atoms with Gasteiger partial charge >= 0.3 is 12.0 Å². The van der Waals surface area contributed by atoms with Crippen molar-refractivity contribution in [2.45, 2.75) is 26.4 Å². The van der Waals surface area contributed by atoms with Crippen LogP contribution in [-0.4, -0.2) is 28.3 Å². The minimum absolute atomic E-state index is 0.163. The van der Waals surface area contributed by atoms with Crippen LogP contribution in [0.1, 0.15) is 19.6 Å². The number of urea groups is 1. The minimum Gasteiger partial charge on any atom is -0.480 e. The predicted octanol–water partition coefficient (Wildman–Crippen LogP) is 0.583. The van der Waals surface area contributed by atoms with Gasteiger partial charge in [-0.25, -0.2) is 9.59 Å². The van der Waals surface area contributed by atoms with Gasteiger partial charge in [-0.15, -0.1) is 0 Å². The molecule has 3 N–H and O–H groups in total. The summed E-state index contributed by atoms with van der Waals surface area (Å²) in [5, 5.41) is 17.2. The molecule has 0 saturated heterocycles. The fourth-order valence-corrected chi connectivity index (χ4v) is 1.21. The number of amides is 2. The number of rotatable bonds is 5. The number of nitrogens with one attached hydrogen (secondary N) is 2. The lowest BCUT2D eigenvalue weighted by Gasteiger charge is -2.17. The molecule has 0 spiro atoms. The lowest BCUT2D eigenvalue weighted by atomic mass is 10.1. The standard InChI is InChI=1S/C10H15N3O4/c1-6(2)8(9(14)15)13-10(16)11-5-7-3-4-12-17-7/h3-4,6,8H,5H2,1-2H3,(H,14,15)(H2,11,13,16). The molecule has 1 unspecified atom stereocenters. The molecule has 1 atom stereocenters. The van der Waals surface area contributed by atoms with Crippen LogP contribution < -0.4 is 10.6 Å². The van der Waals surface area contributed by atoms with E-state index >= 15 is 0 Å². The van der Waals surface area contributed by atoms with Gasteiger partial charge in [-0.1, -0.05) is 19.0 Å². The Labute approximate surface area is 98.2 Å². The van der Waals surface area contributed by atoms with Gasteiger partial charge in [0.2, 0.25) is 0 Å². The quantitative estimate of drug-likeness (QED) is 0.699. The second kappa shape index (κ2) is 5.88. The van der Waals surface area contributed by atoms with E-state index in [2.05, 4.69) is 15.8 Å². The normalized spacial score (nSPS) is 12.2. The SMILES string of the molecule is CC(C)C(NC(=O)NCc1ccno1)C(=O)O. The van der Waals surface area contributed by atoms with Gasteiger partial charge in [0.25, 0.3) is 0 Å². The topological polar surface area (TPSA) is 104 Å². The summed E-state index contributed by atoms with van der Waals surface area (Å²) in [7, 11) is 0. The van der Waals surface area contributed by atoms with Crippen molar-refractivity contribution in [1.82, 2.24) is 15.8 Å². The highest BCUT2D eigenvalue weighted by Gasteiger charge is 2.23. The average molecular weight is 241 g/mol. The molecule has 1 aromatic rings. The number of carboxylic acid groups (broad SMARTS) is 1. The highest BCUT2D eigenvalue weighted by Crippen LogP contribution is 2.01. The van der Waals surface area contributed by atoms with Crippen LogP contribution in [0, 0.1) is 5.92 Å². The Hall–Kier alpha value is -2.05. The molecule has 2 amide bonds. The second-order valence-corrected chi connectivity index (χ2v) is 3.87. The number of aliphatic carboxylic acids is 1. The summed E-state index contributed by atoms with van der Waals surface area (Å²) in [6, 6.07) is 0.143. The van der Waals surface area contributed by atoms with Crippen LogP contribution in [0.5, 0.6) is 0 Å². The van der Waals surface area contributed by atoms with Gasteiger partial charge in [0.1, 0.15) is 6.04 Å². The van der Waals surface area contributed by atoms with E-state index in [1.165, 1.54) is 6.20 Å². The lowest BCUT2D eigenvalue weighted by Crippen LogP contribution is -2.48. The summed E-state index contributed by atoms with van der Waals surface area (Å²) >= 11 is 0. The van der Waals surface area contributed by atoms with Crippen molar-refractivity contribution in [2.24, 2.45) is 5.92 Å². The number of aromatic nitrogens is 1. The first-order chi connectivity index (χ1) is 8.00. The van der Waals surface area contributed by atoms with Gasteiger partial charge in [0.05, 0.1) is 12.7 Å². The van der Waals surface area contributed by atoms with Crippen molar-refractivity contribution in [3.63, 3.8) is 0 Å². The third-order valence-corrected chi connectivity index (χ3v) is 2.13. The van der Waals surface area contributed by atoms with Crippen LogP contribution in [0.3, 0.4) is 0 Å². The molecule has 7 heteroatoms. The lowest BCUT2D eigenvalue weighted by molar-refractivity contribution is -0.140. The van der Waals surface area contributed by atoms with Gasteiger partial charge in [-0.2, -0.15) is 0 Å². The molecule has 0 saturated carbocycles. The summed E-state index contributed by atoms with van der Waals surface area (Å²) in [5.74, 6) is -0.755. The van der Waals surface area contributed by atoms with Crippen molar-refractivity contribution in [3.8, 4) is 0 Å². The average Bonchev–Trinajstić information content (AvgIpc) is 2.74. The van der Waals surface area contributed by atoms with Gasteiger partial charge in [-0.3, -0.25) is 0 Å². The molecule has 0 aliphatic heterocycles. The molecule has 17 heavy (non-hydrogen) atoms. The Balaban J connectivity index is 2.40. The van der Waals surface area contributed by atoms with E-state index in [0.29, 0.717) is 5.76 Å². The van der Waals surface area contributed by atoms with Crippen molar-refractivity contribution < 1.29 is 19.2 Å². The molecule has 0 aromatic carbocycles. The molecule has 1 heterocycles. The van der Waals surface area contributed by atoms with Crippen LogP contribution in [0.15, 0.2) is 16.8 Å². The first-order valence-electron chi connectivity index (χ1n) is 5.17. The zero-order valence-electron chi connectivity index (χ0n) is 9.64. The molecule has 0 aliphatic rings. The molecular formula is C10H15N3O4. The van der Waals surface area contributed by atoms with Crippen LogP contribution in [0.2, 0.25) is 0 Å². The Kier molecular flexibility index (Phi) is 4.50. The van der Waals surface area contributed by atoms with E-state index in [9.17, 15) is 9.59 Å². The number of hydrogen-bond acceptors (Lipinski definition) is 4. The number of carbonyl (C=O) groups is 2. The third-order valence-electron chi connectivity index (χ3n) is 2.13. The van der Waals surface area contributed by atoms with Crippen molar-refractivity contribution in [1.29, 1.82) is 0 Å². The third kappa shape index (κ3) is 4.13. The smallest absolute Gasteiger partial charge is 0.326 e. The van der Waals surface area contributed by atoms with E-state index in [-0.39, 0.29) is 12.5 Å². The maximum Gasteiger partial charge on any atom is 0.326 e. The van der Waals surface area contributed by atoms with E-state index in [1.54, 1.807) is 19.9 Å². The minimum atomic E-state index is -1.06. The van der Waals surface area contributed by atoms with E-state index in [4.69, 9.17) is 9.63 Å². The van der Waals surface area contributed by atoms with Crippen molar-refractivity contribution in [3.05, 3.63) is 18.0 Å². The summed E-state index contributed by atoms with van der Waals surface area (Å²) in [5.41, 5.74) is 0. The molecule has 0 fully saturated rings. The first kappa shape index (κ1) is 13.0. The van der Waals surface area contributed by atoms with Crippen LogP contribution in [-0.2, 0) is 11.3 Å².